The lowest BCUT2D eigenvalue weighted by molar-refractivity contribution is 0.793. The van der Waals surface area contributed by atoms with Gasteiger partial charge in [0.25, 0.3) is 5.56 Å². The molecule has 0 saturated carbocycles. The Balaban J connectivity index is 2.57. The Morgan fingerprint density at radius 2 is 2.40 bits per heavy atom. The van der Waals surface area contributed by atoms with E-state index in [1.807, 2.05) is 6.08 Å². The van der Waals surface area contributed by atoms with Gasteiger partial charge in [0.1, 0.15) is 5.02 Å². The second-order valence-electron chi connectivity index (χ2n) is 3.37. The predicted octanol–water partition coefficient (Wildman–Crippen LogP) is 2.56. The van der Waals surface area contributed by atoms with Crippen LogP contribution in [-0.4, -0.2) is 14.8 Å². The Kier molecular flexibility index (Phi) is 2.89. The van der Waals surface area contributed by atoms with Crippen molar-refractivity contribution in [2.75, 3.05) is 0 Å². The van der Waals surface area contributed by atoms with Gasteiger partial charge in [0, 0.05) is 11.4 Å². The van der Waals surface area contributed by atoms with Crippen LogP contribution in [0.25, 0.3) is 6.20 Å². The topological polar surface area (TPSA) is 34.9 Å². The highest BCUT2D eigenvalue weighted by molar-refractivity contribution is 8.00. The normalized spacial score (nSPS) is 19.0. The minimum atomic E-state index is -0.183. The van der Waals surface area contributed by atoms with Gasteiger partial charge in [-0.25, -0.2) is 4.98 Å². The van der Waals surface area contributed by atoms with E-state index in [0.29, 0.717) is 10.9 Å². The average molecular weight is 243 g/mol. The second-order valence-corrected chi connectivity index (χ2v) is 4.96. The number of hydrogen-bond acceptors (Lipinski definition) is 3. The first-order chi connectivity index (χ1) is 7.13. The molecule has 5 heteroatoms. The van der Waals surface area contributed by atoms with Crippen LogP contribution in [0.4, 0.5) is 0 Å². The molecule has 0 N–H and O–H groups in total. The van der Waals surface area contributed by atoms with Gasteiger partial charge in [-0.2, -0.15) is 0 Å². The lowest BCUT2D eigenvalue weighted by Crippen LogP contribution is -2.23. The van der Waals surface area contributed by atoms with E-state index < -0.39 is 0 Å². The molecule has 1 unspecified atom stereocenters. The van der Waals surface area contributed by atoms with Gasteiger partial charge in [0.2, 0.25) is 0 Å². The van der Waals surface area contributed by atoms with Crippen molar-refractivity contribution in [3.05, 3.63) is 27.1 Å². The molecule has 0 aliphatic carbocycles. The zero-order chi connectivity index (χ0) is 11.0. The summed E-state index contributed by atoms with van der Waals surface area (Å²) in [6.45, 7) is 3.86. The summed E-state index contributed by atoms with van der Waals surface area (Å²) < 4.78 is 1.51. The maximum atomic E-state index is 11.8. The first kappa shape index (κ1) is 10.8. The fourth-order valence-corrected chi connectivity index (χ4v) is 2.55. The molecule has 2 heterocycles. The number of aromatic nitrogens is 2. The van der Waals surface area contributed by atoms with Gasteiger partial charge >= 0.3 is 0 Å². The van der Waals surface area contributed by atoms with Gasteiger partial charge in [-0.3, -0.25) is 9.36 Å². The summed E-state index contributed by atoms with van der Waals surface area (Å²) in [7, 11) is 0. The molecule has 80 valence electrons. The number of halogens is 1. The summed E-state index contributed by atoms with van der Waals surface area (Å²) in [5, 5.41) is 1.34. The third-order valence-corrected chi connectivity index (χ3v) is 4.03. The van der Waals surface area contributed by atoms with E-state index in [9.17, 15) is 4.79 Å². The first-order valence-corrected chi connectivity index (χ1v) is 6.03. The molecule has 1 aromatic heterocycles. The molecule has 0 fully saturated rings. The van der Waals surface area contributed by atoms with Gasteiger partial charge in [-0.05, 0) is 13.3 Å². The molecule has 3 nitrogen and oxygen atoms in total. The van der Waals surface area contributed by atoms with Crippen molar-refractivity contribution >= 4 is 29.6 Å². The van der Waals surface area contributed by atoms with Crippen LogP contribution in [0.3, 0.4) is 0 Å². The SMILES string of the molecule is CCC1C=Cn2c(nc(C)c(Cl)c2=O)S1. The minimum Gasteiger partial charge on any atom is -0.267 e. The number of nitrogens with zero attached hydrogens (tertiary/aromatic N) is 2. The highest BCUT2D eigenvalue weighted by Crippen LogP contribution is 2.28. The molecule has 1 aliphatic rings. The molecule has 2 rings (SSSR count). The summed E-state index contributed by atoms with van der Waals surface area (Å²) in [5.41, 5.74) is 0.419. The summed E-state index contributed by atoms with van der Waals surface area (Å²) in [5.74, 6) is 0. The van der Waals surface area contributed by atoms with Crippen molar-refractivity contribution in [3.8, 4) is 0 Å². The predicted molar refractivity (Wildman–Crippen MR) is 63.5 cm³/mol. The summed E-state index contributed by atoms with van der Waals surface area (Å²) in [4.78, 5) is 16.1. The van der Waals surface area contributed by atoms with Crippen molar-refractivity contribution in [1.29, 1.82) is 0 Å². The van der Waals surface area contributed by atoms with E-state index in [1.165, 1.54) is 4.57 Å². The molecule has 1 atom stereocenters. The Hall–Kier alpha value is -0.740. The first-order valence-electron chi connectivity index (χ1n) is 4.77. The van der Waals surface area contributed by atoms with Crippen LogP contribution in [0.5, 0.6) is 0 Å². The van der Waals surface area contributed by atoms with Crippen molar-refractivity contribution in [2.24, 2.45) is 0 Å². The minimum absolute atomic E-state index is 0.183. The largest absolute Gasteiger partial charge is 0.277 e. The van der Waals surface area contributed by atoms with E-state index in [4.69, 9.17) is 11.6 Å². The molecule has 0 bridgehead atoms. The third-order valence-electron chi connectivity index (χ3n) is 2.30. The summed E-state index contributed by atoms with van der Waals surface area (Å²) >= 11 is 7.45. The van der Waals surface area contributed by atoms with Gasteiger partial charge in [-0.15, -0.1) is 0 Å². The van der Waals surface area contributed by atoms with Crippen LogP contribution in [0, 0.1) is 6.92 Å². The number of fused-ring (bicyclic) bond motifs is 1. The molecule has 0 spiro atoms. The third kappa shape index (κ3) is 1.84. The molecule has 0 amide bonds. The lowest BCUT2D eigenvalue weighted by Gasteiger charge is -2.18. The highest BCUT2D eigenvalue weighted by Gasteiger charge is 2.18. The monoisotopic (exact) mass is 242 g/mol. The van der Waals surface area contributed by atoms with E-state index in [0.717, 1.165) is 11.6 Å². The molecule has 0 aromatic carbocycles. The Labute approximate surface area is 97.2 Å². The Bertz CT molecular complexity index is 481. The summed E-state index contributed by atoms with van der Waals surface area (Å²) in [6.07, 6.45) is 4.80. The van der Waals surface area contributed by atoms with Gasteiger partial charge in [-0.1, -0.05) is 36.4 Å². The fraction of sp³-hybridized carbons (Fsp3) is 0.400. The molecule has 0 radical (unpaired) electrons. The highest BCUT2D eigenvalue weighted by atomic mass is 35.5. The second kappa shape index (κ2) is 4.02. The Morgan fingerprint density at radius 1 is 1.67 bits per heavy atom. The molecular weight excluding hydrogens is 232 g/mol. The van der Waals surface area contributed by atoms with Crippen LogP contribution in [0.2, 0.25) is 5.02 Å². The number of hydrogen-bond donors (Lipinski definition) is 0. The lowest BCUT2D eigenvalue weighted by atomic mass is 10.3. The fourth-order valence-electron chi connectivity index (χ4n) is 1.38. The van der Waals surface area contributed by atoms with E-state index in [1.54, 1.807) is 24.9 Å². The standard InChI is InChI=1S/C10H11ClN2OS/c1-3-7-4-5-13-9(14)8(11)6(2)12-10(13)15-7/h4-5,7H,3H2,1-2H3. The van der Waals surface area contributed by atoms with Crippen LogP contribution in [0.1, 0.15) is 19.0 Å². The average Bonchev–Trinajstić information content (AvgIpc) is 2.25. The van der Waals surface area contributed by atoms with Crippen LogP contribution < -0.4 is 5.56 Å². The van der Waals surface area contributed by atoms with E-state index in [2.05, 4.69) is 11.9 Å². The maximum absolute atomic E-state index is 11.8. The Morgan fingerprint density at radius 3 is 3.07 bits per heavy atom. The van der Waals surface area contributed by atoms with Crippen molar-refractivity contribution in [1.82, 2.24) is 9.55 Å². The van der Waals surface area contributed by atoms with Crippen molar-refractivity contribution < 1.29 is 0 Å². The molecule has 0 saturated heterocycles. The molecule has 1 aliphatic heterocycles. The van der Waals surface area contributed by atoms with E-state index >= 15 is 0 Å². The summed E-state index contributed by atoms with van der Waals surface area (Å²) in [6, 6.07) is 0. The van der Waals surface area contributed by atoms with Crippen molar-refractivity contribution in [3.63, 3.8) is 0 Å². The van der Waals surface area contributed by atoms with E-state index in [-0.39, 0.29) is 10.6 Å². The van der Waals surface area contributed by atoms with Crippen molar-refractivity contribution in [2.45, 2.75) is 30.7 Å². The number of thioether (sulfide) groups is 1. The maximum Gasteiger partial charge on any atom is 0.277 e. The zero-order valence-electron chi connectivity index (χ0n) is 8.53. The van der Waals surface area contributed by atoms with Gasteiger partial charge in [0.05, 0.1) is 5.69 Å². The van der Waals surface area contributed by atoms with Crippen LogP contribution >= 0.6 is 23.4 Å². The van der Waals surface area contributed by atoms with Crippen LogP contribution in [0.15, 0.2) is 16.0 Å². The molecule has 1 aromatic rings. The molecular formula is C10H11ClN2OS. The smallest absolute Gasteiger partial charge is 0.267 e. The van der Waals surface area contributed by atoms with Gasteiger partial charge in [0.15, 0.2) is 5.16 Å². The zero-order valence-corrected chi connectivity index (χ0v) is 10.1. The quantitative estimate of drug-likeness (QED) is 0.710. The number of rotatable bonds is 1. The van der Waals surface area contributed by atoms with Crippen LogP contribution in [-0.2, 0) is 0 Å². The number of aryl methyl sites for hydroxylation is 1. The van der Waals surface area contributed by atoms with Gasteiger partial charge < -0.3 is 0 Å². The molecule has 15 heavy (non-hydrogen) atoms.